The van der Waals surface area contributed by atoms with E-state index in [1.165, 1.54) is 39.8 Å². The minimum absolute atomic E-state index is 0.156. The predicted molar refractivity (Wildman–Crippen MR) is 106 cm³/mol. The summed E-state index contributed by atoms with van der Waals surface area (Å²) in [6.45, 7) is 0.484. The Morgan fingerprint density at radius 2 is 1.97 bits per heavy atom. The molecule has 2 aromatic heterocycles. The molecule has 0 amide bonds. The third-order valence-electron chi connectivity index (χ3n) is 5.86. The SMILES string of the molecule is Cc1c(C(NC2(CCF)CC(O)C2)c2nnnn2-c2ccc(F)cc2)cnn1CC(F)F. The van der Waals surface area contributed by atoms with Gasteiger partial charge in [0.25, 0.3) is 6.43 Å². The molecule has 2 heterocycles. The van der Waals surface area contributed by atoms with Gasteiger partial charge in [0.2, 0.25) is 0 Å². The third-order valence-corrected chi connectivity index (χ3v) is 5.86. The molecule has 1 unspecified atom stereocenters. The average molecular weight is 453 g/mol. The van der Waals surface area contributed by atoms with Crippen LogP contribution in [-0.4, -0.2) is 59.8 Å². The van der Waals surface area contributed by atoms with Crippen LogP contribution < -0.4 is 5.32 Å². The number of aromatic nitrogens is 6. The Kier molecular flexibility index (Phi) is 6.24. The van der Waals surface area contributed by atoms with Crippen molar-refractivity contribution < 1.29 is 22.7 Å². The summed E-state index contributed by atoms with van der Waals surface area (Å²) in [7, 11) is 0. The van der Waals surface area contributed by atoms with Crippen molar-refractivity contribution in [2.75, 3.05) is 6.67 Å². The van der Waals surface area contributed by atoms with Crippen LogP contribution in [0.5, 0.6) is 0 Å². The second kappa shape index (κ2) is 8.94. The molecule has 172 valence electrons. The van der Waals surface area contributed by atoms with Gasteiger partial charge in [0, 0.05) is 16.8 Å². The minimum Gasteiger partial charge on any atom is -0.393 e. The molecule has 0 bridgehead atoms. The summed E-state index contributed by atoms with van der Waals surface area (Å²) in [5.41, 5.74) is 0.800. The fourth-order valence-electron chi connectivity index (χ4n) is 4.20. The van der Waals surface area contributed by atoms with Crippen LogP contribution in [0.15, 0.2) is 30.5 Å². The van der Waals surface area contributed by atoms with Gasteiger partial charge in [-0.3, -0.25) is 14.4 Å². The smallest absolute Gasteiger partial charge is 0.257 e. The molecule has 0 radical (unpaired) electrons. The summed E-state index contributed by atoms with van der Waals surface area (Å²) >= 11 is 0. The molecule has 8 nitrogen and oxygen atoms in total. The fraction of sp³-hybridized carbons (Fsp3) is 0.500. The molecule has 0 aliphatic heterocycles. The second-order valence-corrected chi connectivity index (χ2v) is 8.04. The van der Waals surface area contributed by atoms with Crippen LogP contribution in [0, 0.1) is 12.7 Å². The number of rotatable bonds is 9. The number of halogens is 4. The summed E-state index contributed by atoms with van der Waals surface area (Å²) in [6, 6.07) is 4.80. The van der Waals surface area contributed by atoms with Crippen molar-refractivity contribution in [3.8, 4) is 5.69 Å². The van der Waals surface area contributed by atoms with Crippen LogP contribution in [0.2, 0.25) is 0 Å². The van der Waals surface area contributed by atoms with Gasteiger partial charge in [-0.1, -0.05) is 0 Å². The standard InChI is InChI=1S/C20H23F4N7O/c1-12-16(10-25-30(12)11-17(23)24)18(26-20(6-7-21)8-15(32)9-20)19-27-28-29-31(19)14-4-2-13(22)3-5-14/h2-5,10,15,17-18,26,32H,6-9,11H2,1H3. The van der Waals surface area contributed by atoms with Gasteiger partial charge in [0.05, 0.1) is 30.7 Å². The monoisotopic (exact) mass is 453 g/mol. The molecule has 0 saturated heterocycles. The highest BCUT2D eigenvalue weighted by molar-refractivity contribution is 5.35. The van der Waals surface area contributed by atoms with Crippen molar-refractivity contribution in [1.29, 1.82) is 0 Å². The van der Waals surface area contributed by atoms with E-state index < -0.39 is 43.1 Å². The summed E-state index contributed by atoms with van der Waals surface area (Å²) in [6.07, 6.45) is -0.881. The lowest BCUT2D eigenvalue weighted by Gasteiger charge is -2.47. The number of aliphatic hydroxyl groups excluding tert-OH is 1. The molecule has 1 aliphatic carbocycles. The second-order valence-electron chi connectivity index (χ2n) is 8.04. The van der Waals surface area contributed by atoms with Crippen molar-refractivity contribution in [2.24, 2.45) is 0 Å². The molecular formula is C20H23F4N7O. The Hall–Kier alpha value is -2.86. The number of nitrogens with one attached hydrogen (secondary N) is 1. The van der Waals surface area contributed by atoms with Crippen molar-refractivity contribution in [3.05, 3.63) is 53.4 Å². The number of hydrogen-bond acceptors (Lipinski definition) is 6. The number of tetrazole rings is 1. The van der Waals surface area contributed by atoms with Gasteiger partial charge in [0.1, 0.15) is 12.4 Å². The Bertz CT molecular complexity index is 1040. The molecule has 2 N–H and O–H groups in total. The van der Waals surface area contributed by atoms with Gasteiger partial charge < -0.3 is 5.11 Å². The zero-order chi connectivity index (χ0) is 22.9. The first-order chi connectivity index (χ1) is 15.3. The zero-order valence-electron chi connectivity index (χ0n) is 17.3. The molecule has 4 rings (SSSR count). The summed E-state index contributed by atoms with van der Waals surface area (Å²) in [5.74, 6) is -0.122. The summed E-state index contributed by atoms with van der Waals surface area (Å²) < 4.78 is 55.3. The topological polar surface area (TPSA) is 93.7 Å². The van der Waals surface area contributed by atoms with Gasteiger partial charge in [-0.15, -0.1) is 5.10 Å². The van der Waals surface area contributed by atoms with Crippen LogP contribution in [0.3, 0.4) is 0 Å². The highest BCUT2D eigenvalue weighted by Crippen LogP contribution is 2.39. The van der Waals surface area contributed by atoms with Gasteiger partial charge in [-0.2, -0.15) is 9.78 Å². The average Bonchev–Trinajstić information content (AvgIpc) is 3.33. The van der Waals surface area contributed by atoms with Gasteiger partial charge in [0.15, 0.2) is 5.82 Å². The van der Waals surface area contributed by atoms with Crippen LogP contribution in [0.25, 0.3) is 5.69 Å². The van der Waals surface area contributed by atoms with Gasteiger partial charge in [-0.05, 0) is 60.9 Å². The van der Waals surface area contributed by atoms with Crippen LogP contribution in [-0.2, 0) is 6.54 Å². The molecule has 1 atom stereocenters. The van der Waals surface area contributed by atoms with Crippen LogP contribution >= 0.6 is 0 Å². The largest absolute Gasteiger partial charge is 0.393 e. The van der Waals surface area contributed by atoms with Crippen molar-refractivity contribution >= 4 is 0 Å². The summed E-state index contributed by atoms with van der Waals surface area (Å²) in [4.78, 5) is 0. The molecule has 12 heteroatoms. The normalized spacial score (nSPS) is 21.7. The fourth-order valence-corrected chi connectivity index (χ4v) is 4.20. The molecule has 1 aromatic carbocycles. The molecular weight excluding hydrogens is 430 g/mol. The minimum atomic E-state index is -2.59. The highest BCUT2D eigenvalue weighted by atomic mass is 19.3. The maximum atomic E-state index is 13.4. The quantitative estimate of drug-likeness (QED) is 0.484. The summed E-state index contributed by atoms with van der Waals surface area (Å²) in [5, 5.41) is 29.2. The maximum absolute atomic E-state index is 13.4. The Balaban J connectivity index is 1.77. The van der Waals surface area contributed by atoms with E-state index in [1.54, 1.807) is 6.92 Å². The zero-order valence-corrected chi connectivity index (χ0v) is 17.3. The van der Waals surface area contributed by atoms with Crippen molar-refractivity contribution in [1.82, 2.24) is 35.3 Å². The predicted octanol–water partition coefficient (Wildman–Crippen LogP) is 2.50. The number of benzene rings is 1. The Labute approximate surface area is 181 Å². The van der Waals surface area contributed by atoms with E-state index in [4.69, 9.17) is 0 Å². The highest BCUT2D eigenvalue weighted by Gasteiger charge is 2.46. The van der Waals surface area contributed by atoms with E-state index in [-0.39, 0.29) is 6.42 Å². The molecule has 3 aromatic rings. The first-order valence-corrected chi connectivity index (χ1v) is 10.2. The van der Waals surface area contributed by atoms with E-state index in [0.29, 0.717) is 35.6 Å². The van der Waals surface area contributed by atoms with E-state index in [2.05, 4.69) is 25.9 Å². The molecule has 32 heavy (non-hydrogen) atoms. The number of aliphatic hydroxyl groups is 1. The van der Waals surface area contributed by atoms with E-state index in [9.17, 15) is 22.7 Å². The molecule has 1 saturated carbocycles. The van der Waals surface area contributed by atoms with Gasteiger partial charge >= 0.3 is 0 Å². The van der Waals surface area contributed by atoms with Crippen molar-refractivity contribution in [2.45, 2.75) is 56.8 Å². The maximum Gasteiger partial charge on any atom is 0.257 e. The first kappa shape index (κ1) is 22.3. The first-order valence-electron chi connectivity index (χ1n) is 10.2. The Morgan fingerprint density at radius 1 is 1.25 bits per heavy atom. The Morgan fingerprint density at radius 3 is 2.59 bits per heavy atom. The van der Waals surface area contributed by atoms with Crippen LogP contribution in [0.1, 0.15) is 42.4 Å². The molecule has 1 aliphatic rings. The third kappa shape index (κ3) is 4.37. The van der Waals surface area contributed by atoms with E-state index in [0.717, 1.165) is 0 Å². The van der Waals surface area contributed by atoms with Crippen LogP contribution in [0.4, 0.5) is 17.6 Å². The van der Waals surface area contributed by atoms with E-state index in [1.807, 2.05) is 0 Å². The lowest BCUT2D eigenvalue weighted by atomic mass is 9.71. The number of hydrogen-bond donors (Lipinski definition) is 2. The lowest BCUT2D eigenvalue weighted by molar-refractivity contribution is -0.0105. The van der Waals surface area contributed by atoms with E-state index >= 15 is 0 Å². The van der Waals surface area contributed by atoms with Crippen molar-refractivity contribution in [3.63, 3.8) is 0 Å². The number of alkyl halides is 3. The molecule has 0 spiro atoms. The number of nitrogens with zero attached hydrogens (tertiary/aromatic N) is 6. The molecule has 1 fully saturated rings. The lowest BCUT2D eigenvalue weighted by Crippen LogP contribution is -2.59. The van der Waals surface area contributed by atoms with Gasteiger partial charge in [-0.25, -0.2) is 13.2 Å².